The maximum absolute atomic E-state index is 5.61. The first-order chi connectivity index (χ1) is 9.63. The molecular weight excluding hydrogens is 248 g/mol. The lowest BCUT2D eigenvalue weighted by Crippen LogP contribution is -2.39. The van der Waals surface area contributed by atoms with Crippen LogP contribution in [0.25, 0.3) is 0 Å². The summed E-state index contributed by atoms with van der Waals surface area (Å²) in [6, 6.07) is 15.1. The molecule has 0 spiro atoms. The molecule has 2 rings (SSSR count). The Morgan fingerprint density at radius 1 is 1.10 bits per heavy atom. The van der Waals surface area contributed by atoms with Crippen LogP contribution in [-0.2, 0) is 13.0 Å². The molecule has 2 aromatic rings. The van der Waals surface area contributed by atoms with Gasteiger partial charge in [0.15, 0.2) is 0 Å². The number of hydrogen-bond donors (Lipinski definition) is 1. The van der Waals surface area contributed by atoms with Crippen LogP contribution in [0.2, 0.25) is 0 Å². The van der Waals surface area contributed by atoms with E-state index in [0.717, 1.165) is 31.0 Å². The van der Waals surface area contributed by atoms with Crippen molar-refractivity contribution in [3.8, 4) is 0 Å². The molecular formula is C17H24N2O. The van der Waals surface area contributed by atoms with Crippen LogP contribution in [0.15, 0.2) is 46.9 Å². The lowest BCUT2D eigenvalue weighted by atomic mass is 10.1. The fraction of sp³-hybridized carbons (Fsp3) is 0.412. The first-order valence-electron chi connectivity index (χ1n) is 7.11. The number of likely N-dealkylation sites (N-methyl/N-ethyl adjacent to an activating group) is 1. The number of furan rings is 1. The second-order valence-corrected chi connectivity index (χ2v) is 5.54. The summed E-state index contributed by atoms with van der Waals surface area (Å²) >= 11 is 0. The lowest BCUT2D eigenvalue weighted by Gasteiger charge is -2.22. The van der Waals surface area contributed by atoms with Gasteiger partial charge >= 0.3 is 0 Å². The van der Waals surface area contributed by atoms with Crippen molar-refractivity contribution in [2.24, 2.45) is 0 Å². The molecule has 0 aliphatic heterocycles. The van der Waals surface area contributed by atoms with Crippen molar-refractivity contribution in [1.29, 1.82) is 0 Å². The molecule has 1 N–H and O–H groups in total. The van der Waals surface area contributed by atoms with Gasteiger partial charge in [-0.25, -0.2) is 0 Å². The topological polar surface area (TPSA) is 28.4 Å². The Morgan fingerprint density at radius 2 is 1.85 bits per heavy atom. The van der Waals surface area contributed by atoms with Gasteiger partial charge in [-0.15, -0.1) is 0 Å². The third-order valence-electron chi connectivity index (χ3n) is 3.27. The fourth-order valence-electron chi connectivity index (χ4n) is 2.37. The zero-order valence-corrected chi connectivity index (χ0v) is 12.6. The van der Waals surface area contributed by atoms with Crippen molar-refractivity contribution >= 4 is 0 Å². The molecule has 1 aromatic heterocycles. The number of nitrogens with one attached hydrogen (secondary N) is 1. The summed E-state index contributed by atoms with van der Waals surface area (Å²) in [5, 5.41) is 3.59. The van der Waals surface area contributed by atoms with E-state index in [1.807, 2.05) is 19.1 Å². The van der Waals surface area contributed by atoms with Gasteiger partial charge in [-0.2, -0.15) is 0 Å². The Balaban J connectivity index is 1.93. The number of hydrogen-bond acceptors (Lipinski definition) is 3. The highest BCUT2D eigenvalue weighted by Gasteiger charge is 2.11. The summed E-state index contributed by atoms with van der Waals surface area (Å²) in [7, 11) is 4.22. The third-order valence-corrected chi connectivity index (χ3v) is 3.27. The van der Waals surface area contributed by atoms with Crippen LogP contribution in [0.5, 0.6) is 0 Å². The van der Waals surface area contributed by atoms with Crippen molar-refractivity contribution in [3.63, 3.8) is 0 Å². The molecule has 0 aliphatic carbocycles. The zero-order chi connectivity index (χ0) is 14.4. The Morgan fingerprint density at radius 3 is 2.45 bits per heavy atom. The van der Waals surface area contributed by atoms with Crippen molar-refractivity contribution in [2.45, 2.75) is 25.9 Å². The van der Waals surface area contributed by atoms with Gasteiger partial charge in [0.2, 0.25) is 0 Å². The third kappa shape index (κ3) is 4.83. The van der Waals surface area contributed by atoms with E-state index >= 15 is 0 Å². The standard InChI is InChI=1S/C17H24N2O/c1-14-9-10-17(20-14)12-18-16(13-19(2)3)11-15-7-5-4-6-8-15/h4-10,16,18H,11-13H2,1-3H3. The molecule has 1 atom stereocenters. The van der Waals surface area contributed by atoms with Gasteiger partial charge in [-0.1, -0.05) is 30.3 Å². The van der Waals surface area contributed by atoms with Gasteiger partial charge in [0.25, 0.3) is 0 Å². The predicted molar refractivity (Wildman–Crippen MR) is 82.8 cm³/mol. The van der Waals surface area contributed by atoms with Crippen LogP contribution < -0.4 is 5.32 Å². The highest BCUT2D eigenvalue weighted by molar-refractivity contribution is 5.16. The van der Waals surface area contributed by atoms with E-state index < -0.39 is 0 Å². The minimum Gasteiger partial charge on any atom is -0.465 e. The van der Waals surface area contributed by atoms with Gasteiger partial charge in [0, 0.05) is 12.6 Å². The average Bonchev–Trinajstić information content (AvgIpc) is 2.82. The predicted octanol–water partition coefficient (Wildman–Crippen LogP) is 2.85. The minimum absolute atomic E-state index is 0.415. The normalized spacial score (nSPS) is 12.8. The monoisotopic (exact) mass is 272 g/mol. The number of benzene rings is 1. The number of nitrogens with zero attached hydrogens (tertiary/aromatic N) is 1. The van der Waals surface area contributed by atoms with Crippen LogP contribution in [0.3, 0.4) is 0 Å². The summed E-state index contributed by atoms with van der Waals surface area (Å²) in [4.78, 5) is 2.22. The SMILES string of the molecule is Cc1ccc(CNC(Cc2ccccc2)CN(C)C)o1. The van der Waals surface area contributed by atoms with Gasteiger partial charge in [-0.3, -0.25) is 0 Å². The molecule has 0 fully saturated rings. The average molecular weight is 272 g/mol. The van der Waals surface area contributed by atoms with Gasteiger partial charge in [0.1, 0.15) is 11.5 Å². The zero-order valence-electron chi connectivity index (χ0n) is 12.6. The first kappa shape index (κ1) is 14.8. The highest BCUT2D eigenvalue weighted by Crippen LogP contribution is 2.08. The summed E-state index contributed by atoms with van der Waals surface area (Å²) in [6.45, 7) is 3.76. The largest absolute Gasteiger partial charge is 0.465 e. The molecule has 1 aromatic carbocycles. The molecule has 0 bridgehead atoms. The van der Waals surface area contributed by atoms with Crippen LogP contribution in [-0.4, -0.2) is 31.6 Å². The fourth-order valence-corrected chi connectivity index (χ4v) is 2.37. The maximum Gasteiger partial charge on any atom is 0.117 e. The highest BCUT2D eigenvalue weighted by atomic mass is 16.3. The van der Waals surface area contributed by atoms with E-state index in [-0.39, 0.29) is 0 Å². The summed E-state index contributed by atoms with van der Waals surface area (Å²) < 4.78 is 5.61. The van der Waals surface area contributed by atoms with Crippen LogP contribution in [0.4, 0.5) is 0 Å². The summed E-state index contributed by atoms with van der Waals surface area (Å²) in [6.07, 6.45) is 1.03. The van der Waals surface area contributed by atoms with Crippen LogP contribution >= 0.6 is 0 Å². The van der Waals surface area contributed by atoms with Crippen molar-refractivity contribution < 1.29 is 4.42 Å². The number of aryl methyl sites for hydroxylation is 1. The molecule has 0 amide bonds. The molecule has 1 unspecified atom stereocenters. The quantitative estimate of drug-likeness (QED) is 0.840. The Kier molecular flexibility index (Phi) is 5.39. The Hall–Kier alpha value is -1.58. The minimum atomic E-state index is 0.415. The van der Waals surface area contributed by atoms with Gasteiger partial charge in [0.05, 0.1) is 6.54 Å². The lowest BCUT2D eigenvalue weighted by molar-refractivity contribution is 0.326. The Bertz CT molecular complexity index is 505. The van der Waals surface area contributed by atoms with E-state index in [2.05, 4.69) is 54.6 Å². The summed E-state index contributed by atoms with van der Waals surface area (Å²) in [5.74, 6) is 1.97. The molecule has 0 aliphatic rings. The van der Waals surface area contributed by atoms with E-state index in [0.29, 0.717) is 6.04 Å². The molecule has 108 valence electrons. The van der Waals surface area contributed by atoms with Gasteiger partial charge < -0.3 is 14.6 Å². The van der Waals surface area contributed by atoms with E-state index in [9.17, 15) is 0 Å². The maximum atomic E-state index is 5.61. The van der Waals surface area contributed by atoms with E-state index in [1.165, 1.54) is 5.56 Å². The Labute approximate surface area is 121 Å². The van der Waals surface area contributed by atoms with Crippen molar-refractivity contribution in [1.82, 2.24) is 10.2 Å². The molecule has 3 nitrogen and oxygen atoms in total. The molecule has 20 heavy (non-hydrogen) atoms. The molecule has 0 saturated heterocycles. The smallest absolute Gasteiger partial charge is 0.117 e. The molecule has 1 heterocycles. The first-order valence-corrected chi connectivity index (χ1v) is 7.11. The van der Waals surface area contributed by atoms with Crippen LogP contribution in [0, 0.1) is 6.92 Å². The number of rotatable bonds is 7. The second-order valence-electron chi connectivity index (χ2n) is 5.54. The van der Waals surface area contributed by atoms with Crippen LogP contribution in [0.1, 0.15) is 17.1 Å². The van der Waals surface area contributed by atoms with E-state index in [4.69, 9.17) is 4.42 Å². The van der Waals surface area contributed by atoms with Gasteiger partial charge in [-0.05, 0) is 45.1 Å². The molecule has 3 heteroatoms. The molecule has 0 radical (unpaired) electrons. The molecule has 0 saturated carbocycles. The van der Waals surface area contributed by atoms with Crippen molar-refractivity contribution in [3.05, 3.63) is 59.5 Å². The second kappa shape index (κ2) is 7.27. The van der Waals surface area contributed by atoms with Crippen molar-refractivity contribution in [2.75, 3.05) is 20.6 Å². The van der Waals surface area contributed by atoms with E-state index in [1.54, 1.807) is 0 Å². The summed E-state index contributed by atoms with van der Waals surface area (Å²) in [5.41, 5.74) is 1.36.